The highest BCUT2D eigenvalue weighted by molar-refractivity contribution is 8.12. The third-order valence-corrected chi connectivity index (χ3v) is 6.36. The monoisotopic (exact) mass is 419 g/mol. The summed E-state index contributed by atoms with van der Waals surface area (Å²) in [7, 11) is 0. The molecule has 0 saturated carbocycles. The maximum Gasteiger partial charge on any atom is 0.240 e. The summed E-state index contributed by atoms with van der Waals surface area (Å²) in [4.78, 5) is 11.8. The minimum absolute atomic E-state index is 0.221. The fraction of sp³-hybridized carbons (Fsp3) is 0.0952. The van der Waals surface area contributed by atoms with Crippen LogP contribution in [0, 0.1) is 17.5 Å². The first-order valence-electron chi connectivity index (χ1n) is 8.27. The molecule has 7 heteroatoms. The van der Waals surface area contributed by atoms with Gasteiger partial charge in [-0.25, -0.2) is 13.2 Å². The lowest BCUT2D eigenvalue weighted by Crippen LogP contribution is -2.32. The third kappa shape index (κ3) is 3.91. The number of halogens is 3. The Hall–Kier alpha value is -2.38. The molecule has 144 valence electrons. The highest BCUT2D eigenvalue weighted by atomic mass is 32.2. The number of hydrogen-bond acceptors (Lipinski definition) is 3. The van der Waals surface area contributed by atoms with Crippen LogP contribution in [0.5, 0.6) is 0 Å². The van der Waals surface area contributed by atoms with E-state index >= 15 is 0 Å². The summed E-state index contributed by atoms with van der Waals surface area (Å²) in [5.41, 5.74) is 6.63. The second-order valence-corrected chi connectivity index (χ2v) is 8.23. The molecule has 0 bridgehead atoms. The Morgan fingerprint density at radius 2 is 1.32 bits per heavy atom. The lowest BCUT2D eigenvalue weighted by molar-refractivity contribution is -0.116. The number of thiol groups is 1. The second-order valence-electron chi connectivity index (χ2n) is 6.05. The van der Waals surface area contributed by atoms with Crippen molar-refractivity contribution in [1.29, 1.82) is 0 Å². The first-order valence-corrected chi connectivity index (χ1v) is 9.66. The molecule has 0 heterocycles. The number of carbonyl (C=O) groups is 1. The summed E-state index contributed by atoms with van der Waals surface area (Å²) in [6.07, 6.45) is 0. The van der Waals surface area contributed by atoms with E-state index in [1.165, 1.54) is 60.7 Å². The Morgan fingerprint density at radius 1 is 0.857 bits per heavy atom. The van der Waals surface area contributed by atoms with Crippen molar-refractivity contribution in [3.05, 3.63) is 107 Å². The maximum absolute atomic E-state index is 15.0. The predicted molar refractivity (Wildman–Crippen MR) is 109 cm³/mol. The number of carbonyl (C=O) groups excluding carboxylic acids is 1. The molecule has 2 nitrogen and oxygen atoms in total. The van der Waals surface area contributed by atoms with Gasteiger partial charge in [0.2, 0.25) is 5.91 Å². The Labute approximate surface area is 170 Å². The molecule has 0 fully saturated rings. The lowest BCUT2D eigenvalue weighted by atomic mass is 9.83. The Kier molecular flexibility index (Phi) is 6.05. The Bertz CT molecular complexity index is 932. The van der Waals surface area contributed by atoms with E-state index in [0.717, 1.165) is 11.8 Å². The first-order chi connectivity index (χ1) is 13.3. The van der Waals surface area contributed by atoms with Gasteiger partial charge in [0.15, 0.2) is 0 Å². The fourth-order valence-electron chi connectivity index (χ4n) is 3.02. The number of nitrogens with two attached hydrogens (primary N) is 1. The van der Waals surface area contributed by atoms with Crippen molar-refractivity contribution < 1.29 is 18.0 Å². The smallest absolute Gasteiger partial charge is 0.240 e. The van der Waals surface area contributed by atoms with Crippen molar-refractivity contribution in [2.45, 2.75) is 9.33 Å². The normalized spacial score (nSPS) is 12.6. The van der Waals surface area contributed by atoms with Crippen molar-refractivity contribution in [1.82, 2.24) is 0 Å². The largest absolute Gasteiger partial charge is 0.368 e. The van der Waals surface area contributed by atoms with Crippen LogP contribution in [0.2, 0.25) is 0 Å². The number of benzene rings is 3. The number of hydrogen-bond donors (Lipinski definition) is 2. The summed E-state index contributed by atoms with van der Waals surface area (Å²) in [5, 5.41) is 0. The molecule has 28 heavy (non-hydrogen) atoms. The predicted octanol–water partition coefficient (Wildman–Crippen LogP) is 4.87. The van der Waals surface area contributed by atoms with Crippen LogP contribution in [-0.4, -0.2) is 10.5 Å². The van der Waals surface area contributed by atoms with Gasteiger partial charge in [0.25, 0.3) is 0 Å². The van der Waals surface area contributed by atoms with E-state index in [9.17, 15) is 18.0 Å². The van der Waals surface area contributed by atoms with Gasteiger partial charge in [-0.05, 0) is 41.5 Å². The van der Waals surface area contributed by atoms with Crippen molar-refractivity contribution >= 4 is 30.3 Å². The summed E-state index contributed by atoms with van der Waals surface area (Å²) in [5.74, 6) is -2.17. The molecule has 2 N–H and O–H groups in total. The quantitative estimate of drug-likeness (QED) is 0.340. The summed E-state index contributed by atoms with van der Waals surface area (Å²) in [6, 6.07) is 17.0. The van der Waals surface area contributed by atoms with Crippen LogP contribution in [0.4, 0.5) is 13.2 Å². The van der Waals surface area contributed by atoms with Crippen LogP contribution in [-0.2, 0) is 9.54 Å². The van der Waals surface area contributed by atoms with Crippen LogP contribution >= 0.6 is 24.4 Å². The zero-order chi connectivity index (χ0) is 20.3. The summed E-state index contributed by atoms with van der Waals surface area (Å²) in [6.45, 7) is 0. The molecule has 1 atom stereocenters. The van der Waals surface area contributed by atoms with Gasteiger partial charge in [-0.1, -0.05) is 42.5 Å². The lowest BCUT2D eigenvalue weighted by Gasteiger charge is -2.36. The van der Waals surface area contributed by atoms with Gasteiger partial charge in [-0.3, -0.25) is 4.79 Å². The summed E-state index contributed by atoms with van der Waals surface area (Å²) < 4.78 is 39.8. The maximum atomic E-state index is 15.0. The van der Waals surface area contributed by atoms with E-state index in [4.69, 9.17) is 5.73 Å². The van der Waals surface area contributed by atoms with Gasteiger partial charge in [-0.15, -0.1) is 11.8 Å². The molecule has 1 unspecified atom stereocenters. The molecule has 0 aromatic heterocycles. The molecule has 0 saturated heterocycles. The number of primary amides is 1. The standard InChI is InChI=1S/C21H16F3NOS2/c22-15-9-5-13(6-10-15)21(28-20(27)19(25)26,14-7-11-16(23)12-8-14)17-3-1-2-4-18(17)24/h1-12,20,27H,(H2,25,26). The van der Waals surface area contributed by atoms with Gasteiger partial charge >= 0.3 is 0 Å². The minimum atomic E-state index is -1.31. The van der Waals surface area contributed by atoms with E-state index in [0.29, 0.717) is 11.1 Å². The van der Waals surface area contributed by atoms with Gasteiger partial charge in [0.1, 0.15) is 22.0 Å². The van der Waals surface area contributed by atoms with E-state index in [1.54, 1.807) is 12.1 Å². The number of rotatable bonds is 6. The molecular formula is C21H16F3NOS2. The highest BCUT2D eigenvalue weighted by Gasteiger charge is 2.42. The average molecular weight is 419 g/mol. The minimum Gasteiger partial charge on any atom is -0.368 e. The van der Waals surface area contributed by atoms with Gasteiger partial charge in [0, 0.05) is 5.56 Å². The fourth-order valence-corrected chi connectivity index (χ4v) is 4.78. The van der Waals surface area contributed by atoms with Gasteiger partial charge in [-0.2, -0.15) is 12.6 Å². The topological polar surface area (TPSA) is 43.1 Å². The molecule has 3 aromatic rings. The van der Waals surface area contributed by atoms with E-state index in [1.807, 2.05) is 0 Å². The molecular weight excluding hydrogens is 403 g/mol. The summed E-state index contributed by atoms with van der Waals surface area (Å²) >= 11 is 5.25. The van der Waals surface area contributed by atoms with Crippen LogP contribution < -0.4 is 5.73 Å². The molecule has 0 aliphatic rings. The van der Waals surface area contributed by atoms with Gasteiger partial charge < -0.3 is 5.73 Å². The van der Waals surface area contributed by atoms with Crippen LogP contribution in [0.15, 0.2) is 72.8 Å². The highest BCUT2D eigenvalue weighted by Crippen LogP contribution is 2.51. The van der Waals surface area contributed by atoms with E-state index in [2.05, 4.69) is 12.6 Å². The first kappa shape index (κ1) is 20.4. The van der Waals surface area contributed by atoms with Crippen molar-refractivity contribution in [2.24, 2.45) is 5.73 Å². The molecule has 0 radical (unpaired) electrons. The van der Waals surface area contributed by atoms with Crippen molar-refractivity contribution in [3.63, 3.8) is 0 Å². The average Bonchev–Trinajstić information content (AvgIpc) is 2.68. The molecule has 3 aromatic carbocycles. The molecule has 0 aliphatic carbocycles. The molecule has 0 spiro atoms. The van der Waals surface area contributed by atoms with Crippen molar-refractivity contribution in [3.8, 4) is 0 Å². The van der Waals surface area contributed by atoms with E-state index < -0.39 is 32.7 Å². The molecule has 3 rings (SSSR count). The van der Waals surface area contributed by atoms with Crippen LogP contribution in [0.1, 0.15) is 16.7 Å². The third-order valence-electron chi connectivity index (χ3n) is 4.29. The molecule has 0 aliphatic heterocycles. The zero-order valence-electron chi connectivity index (χ0n) is 14.5. The van der Waals surface area contributed by atoms with Crippen LogP contribution in [0.25, 0.3) is 0 Å². The SMILES string of the molecule is NC(=O)C(S)SC(c1ccc(F)cc1)(c1ccc(F)cc1)c1ccccc1F. The Morgan fingerprint density at radius 3 is 1.75 bits per heavy atom. The van der Waals surface area contributed by atoms with E-state index in [-0.39, 0.29) is 5.56 Å². The van der Waals surface area contributed by atoms with Crippen LogP contribution in [0.3, 0.4) is 0 Å². The zero-order valence-corrected chi connectivity index (χ0v) is 16.2. The van der Waals surface area contributed by atoms with Crippen molar-refractivity contribution in [2.75, 3.05) is 0 Å². The second kappa shape index (κ2) is 8.32. The number of amides is 1. The van der Waals surface area contributed by atoms with Gasteiger partial charge in [0.05, 0.1) is 4.75 Å². The number of thioether (sulfide) groups is 1. The molecule has 1 amide bonds. The Balaban J connectivity index is 2.36.